The summed E-state index contributed by atoms with van der Waals surface area (Å²) < 4.78 is 1.50. The van der Waals surface area contributed by atoms with E-state index < -0.39 is 0 Å². The highest BCUT2D eigenvalue weighted by atomic mass is 15.4. The van der Waals surface area contributed by atoms with Gasteiger partial charge in [0.05, 0.1) is 0 Å². The molecular weight excluding hydrogens is 116 g/mol. The molecule has 50 valence electrons. The van der Waals surface area contributed by atoms with Crippen molar-refractivity contribution < 1.29 is 0 Å². The Hall–Kier alpha value is -1.06. The van der Waals surface area contributed by atoms with Crippen LogP contribution in [0.5, 0.6) is 0 Å². The molecule has 1 heterocycles. The third kappa shape index (κ3) is 0.872. The molecule has 9 heavy (non-hydrogen) atoms. The molecule has 0 aliphatic carbocycles. The van der Waals surface area contributed by atoms with Gasteiger partial charge >= 0.3 is 0 Å². The molecule has 1 aromatic rings. The first-order valence-corrected chi connectivity index (χ1v) is 2.91. The van der Waals surface area contributed by atoms with Gasteiger partial charge in [0.25, 0.3) is 0 Å². The van der Waals surface area contributed by atoms with Crippen molar-refractivity contribution in [1.82, 2.24) is 14.9 Å². The molecule has 0 fully saturated rings. The second-order valence-electron chi connectivity index (χ2n) is 1.89. The summed E-state index contributed by atoms with van der Waals surface area (Å²) in [5.74, 6) is 7.09. The van der Waals surface area contributed by atoms with Crippen molar-refractivity contribution in [3.05, 3.63) is 11.6 Å². The summed E-state index contributed by atoms with van der Waals surface area (Å²) in [6.07, 6.45) is 0.831. The molecule has 4 nitrogen and oxygen atoms in total. The first-order chi connectivity index (χ1) is 4.25. The van der Waals surface area contributed by atoms with E-state index in [0.29, 0.717) is 0 Å². The molecule has 0 radical (unpaired) electrons. The molecule has 1 aromatic heterocycles. The van der Waals surface area contributed by atoms with Gasteiger partial charge in [-0.3, -0.25) is 0 Å². The normalized spacial score (nSPS) is 10.0. The van der Waals surface area contributed by atoms with Crippen LogP contribution in [0, 0.1) is 6.92 Å². The summed E-state index contributed by atoms with van der Waals surface area (Å²) in [6, 6.07) is 0. The number of rotatable bonds is 1. The highest BCUT2D eigenvalue weighted by Crippen LogP contribution is 1.93. The number of nitrogens with zero attached hydrogens (tertiary/aromatic N) is 3. The quantitative estimate of drug-likeness (QED) is 0.533. The van der Waals surface area contributed by atoms with E-state index in [1.807, 2.05) is 13.8 Å². The minimum absolute atomic E-state index is 0.756. The van der Waals surface area contributed by atoms with Gasteiger partial charge in [-0.05, 0) is 6.92 Å². The highest BCUT2D eigenvalue weighted by molar-refractivity contribution is 4.92. The van der Waals surface area contributed by atoms with E-state index in [2.05, 4.69) is 10.2 Å². The van der Waals surface area contributed by atoms with Crippen molar-refractivity contribution in [3.63, 3.8) is 0 Å². The van der Waals surface area contributed by atoms with Crippen LogP contribution < -0.4 is 5.84 Å². The van der Waals surface area contributed by atoms with Gasteiger partial charge in [0.2, 0.25) is 0 Å². The first-order valence-electron chi connectivity index (χ1n) is 2.91. The Bertz CT molecular complexity index is 203. The fourth-order valence-corrected chi connectivity index (χ4v) is 0.654. The van der Waals surface area contributed by atoms with Gasteiger partial charge in [0.1, 0.15) is 5.82 Å². The summed E-state index contributed by atoms with van der Waals surface area (Å²) in [4.78, 5) is 0. The zero-order valence-electron chi connectivity index (χ0n) is 5.63. The lowest BCUT2D eigenvalue weighted by molar-refractivity contribution is 0.837. The van der Waals surface area contributed by atoms with Gasteiger partial charge in [-0.15, -0.1) is 10.2 Å². The minimum atomic E-state index is 0.756. The molecule has 0 aliphatic heterocycles. The van der Waals surface area contributed by atoms with Crippen molar-refractivity contribution in [2.45, 2.75) is 20.3 Å². The third-order valence-corrected chi connectivity index (χ3v) is 1.25. The summed E-state index contributed by atoms with van der Waals surface area (Å²) in [7, 11) is 0. The van der Waals surface area contributed by atoms with Crippen LogP contribution in [0.15, 0.2) is 0 Å². The Labute approximate surface area is 53.7 Å². The molecule has 0 unspecified atom stereocenters. The zero-order valence-corrected chi connectivity index (χ0v) is 5.63. The van der Waals surface area contributed by atoms with Crippen molar-refractivity contribution in [2.24, 2.45) is 0 Å². The monoisotopic (exact) mass is 126 g/mol. The topological polar surface area (TPSA) is 56.7 Å². The van der Waals surface area contributed by atoms with E-state index in [9.17, 15) is 0 Å². The maximum Gasteiger partial charge on any atom is 0.151 e. The second-order valence-corrected chi connectivity index (χ2v) is 1.89. The van der Waals surface area contributed by atoms with E-state index in [-0.39, 0.29) is 0 Å². The van der Waals surface area contributed by atoms with Crippen LogP contribution in [0.1, 0.15) is 18.6 Å². The molecular formula is C5H10N4. The maximum absolute atomic E-state index is 5.50. The Morgan fingerprint density at radius 3 is 2.44 bits per heavy atom. The lowest BCUT2D eigenvalue weighted by Crippen LogP contribution is -2.13. The van der Waals surface area contributed by atoms with Crippen LogP contribution in [-0.4, -0.2) is 14.9 Å². The van der Waals surface area contributed by atoms with Crippen LogP contribution in [0.3, 0.4) is 0 Å². The summed E-state index contributed by atoms with van der Waals surface area (Å²) in [5, 5.41) is 7.60. The van der Waals surface area contributed by atoms with E-state index in [1.165, 1.54) is 4.68 Å². The summed E-state index contributed by atoms with van der Waals surface area (Å²) in [6.45, 7) is 3.82. The average Bonchev–Trinajstić information content (AvgIpc) is 2.15. The fourth-order valence-electron chi connectivity index (χ4n) is 0.654. The number of hydrogen-bond donors (Lipinski definition) is 1. The van der Waals surface area contributed by atoms with Crippen LogP contribution in [0.25, 0.3) is 0 Å². The molecule has 0 atom stereocenters. The van der Waals surface area contributed by atoms with E-state index >= 15 is 0 Å². The lowest BCUT2D eigenvalue weighted by Gasteiger charge is -1.94. The Kier molecular flexibility index (Phi) is 1.38. The van der Waals surface area contributed by atoms with Crippen molar-refractivity contribution in [2.75, 3.05) is 5.84 Å². The Morgan fingerprint density at radius 2 is 2.22 bits per heavy atom. The van der Waals surface area contributed by atoms with Crippen molar-refractivity contribution in [3.8, 4) is 0 Å². The second kappa shape index (κ2) is 2.05. The van der Waals surface area contributed by atoms with Crippen LogP contribution in [-0.2, 0) is 6.42 Å². The predicted octanol–water partition coefficient (Wildman–Crippen LogP) is -0.137. The van der Waals surface area contributed by atoms with Crippen LogP contribution in [0.4, 0.5) is 0 Å². The van der Waals surface area contributed by atoms with E-state index in [1.54, 1.807) is 0 Å². The molecule has 0 saturated heterocycles. The predicted molar refractivity (Wildman–Crippen MR) is 34.3 cm³/mol. The number of hydrogen-bond acceptors (Lipinski definition) is 3. The van der Waals surface area contributed by atoms with Crippen LogP contribution in [0.2, 0.25) is 0 Å². The van der Waals surface area contributed by atoms with Gasteiger partial charge in [0, 0.05) is 6.42 Å². The van der Waals surface area contributed by atoms with Gasteiger partial charge in [-0.1, -0.05) is 6.92 Å². The fraction of sp³-hybridized carbons (Fsp3) is 0.600. The third-order valence-electron chi connectivity index (χ3n) is 1.25. The van der Waals surface area contributed by atoms with Gasteiger partial charge in [-0.2, -0.15) is 0 Å². The molecule has 0 amide bonds. The lowest BCUT2D eigenvalue weighted by atomic mass is 10.5. The maximum atomic E-state index is 5.50. The molecule has 0 aromatic carbocycles. The van der Waals surface area contributed by atoms with E-state index in [4.69, 9.17) is 5.84 Å². The Morgan fingerprint density at radius 1 is 1.56 bits per heavy atom. The standard InChI is InChI=1S/C5H10N4/c1-3-5-8-7-4(2)9(5)6/h3,6H2,1-2H3. The SMILES string of the molecule is CCc1nnc(C)n1N. The average molecular weight is 126 g/mol. The largest absolute Gasteiger partial charge is 0.336 e. The number of aromatic nitrogens is 3. The summed E-state index contributed by atoms with van der Waals surface area (Å²) >= 11 is 0. The van der Waals surface area contributed by atoms with Crippen molar-refractivity contribution >= 4 is 0 Å². The highest BCUT2D eigenvalue weighted by Gasteiger charge is 2.00. The van der Waals surface area contributed by atoms with E-state index in [0.717, 1.165) is 18.1 Å². The number of nitrogen functional groups attached to an aromatic ring is 1. The molecule has 2 N–H and O–H groups in total. The minimum Gasteiger partial charge on any atom is -0.336 e. The van der Waals surface area contributed by atoms with Crippen LogP contribution >= 0.6 is 0 Å². The molecule has 0 saturated carbocycles. The molecule has 0 spiro atoms. The van der Waals surface area contributed by atoms with Gasteiger partial charge in [-0.25, -0.2) is 4.68 Å². The number of aryl methyl sites for hydroxylation is 2. The first kappa shape index (κ1) is 6.07. The molecule has 4 heteroatoms. The zero-order chi connectivity index (χ0) is 6.85. The Balaban J connectivity index is 3.04. The molecule has 0 bridgehead atoms. The van der Waals surface area contributed by atoms with Gasteiger partial charge in [0.15, 0.2) is 5.82 Å². The molecule has 0 aliphatic rings. The number of nitrogens with two attached hydrogens (primary N) is 1. The van der Waals surface area contributed by atoms with Gasteiger partial charge < -0.3 is 5.84 Å². The summed E-state index contributed by atoms with van der Waals surface area (Å²) in [5.41, 5.74) is 0. The smallest absolute Gasteiger partial charge is 0.151 e. The van der Waals surface area contributed by atoms with Crippen molar-refractivity contribution in [1.29, 1.82) is 0 Å². The molecule has 1 rings (SSSR count).